The van der Waals surface area contributed by atoms with Crippen molar-refractivity contribution in [1.82, 2.24) is 14.9 Å². The maximum atomic E-state index is 11.8. The van der Waals surface area contributed by atoms with Crippen molar-refractivity contribution in [2.75, 3.05) is 6.54 Å². The van der Waals surface area contributed by atoms with Crippen molar-refractivity contribution in [1.29, 1.82) is 0 Å². The molecule has 0 fully saturated rings. The zero-order chi connectivity index (χ0) is 14.7. The van der Waals surface area contributed by atoms with E-state index in [2.05, 4.69) is 34.1 Å². The van der Waals surface area contributed by atoms with Gasteiger partial charge in [-0.05, 0) is 43.2 Å². The number of hydrogen-bond donors (Lipinski definition) is 1. The lowest BCUT2D eigenvalue weighted by Gasteiger charge is -2.02. The number of carbonyl (C=O) groups excluding carboxylic acids is 1. The molecule has 0 aliphatic carbocycles. The number of amides is 1. The first kappa shape index (κ1) is 13.4. The Morgan fingerprint density at radius 2 is 2.29 bits per heavy atom. The SMILES string of the molecule is CCn1cc(CCNC(=O)c2ccco2)c2cccnc21. The highest BCUT2D eigenvalue weighted by atomic mass is 16.3. The van der Waals surface area contributed by atoms with E-state index in [0.717, 1.165) is 24.0 Å². The first-order valence-electron chi connectivity index (χ1n) is 7.04. The Hall–Kier alpha value is -2.56. The normalized spacial score (nSPS) is 10.9. The number of rotatable bonds is 5. The maximum Gasteiger partial charge on any atom is 0.286 e. The highest BCUT2D eigenvalue weighted by molar-refractivity contribution is 5.91. The Morgan fingerprint density at radius 3 is 3.05 bits per heavy atom. The van der Waals surface area contributed by atoms with Gasteiger partial charge in [0.2, 0.25) is 0 Å². The number of nitrogens with zero attached hydrogens (tertiary/aromatic N) is 2. The Balaban J connectivity index is 1.70. The van der Waals surface area contributed by atoms with Gasteiger partial charge in [0.05, 0.1) is 6.26 Å². The fraction of sp³-hybridized carbons (Fsp3) is 0.250. The van der Waals surface area contributed by atoms with Crippen LogP contribution in [0.4, 0.5) is 0 Å². The highest BCUT2D eigenvalue weighted by Gasteiger charge is 2.10. The fourth-order valence-corrected chi connectivity index (χ4v) is 2.44. The third-order valence-corrected chi connectivity index (χ3v) is 3.48. The quantitative estimate of drug-likeness (QED) is 0.783. The van der Waals surface area contributed by atoms with Crippen LogP contribution in [0.25, 0.3) is 11.0 Å². The van der Waals surface area contributed by atoms with Crippen molar-refractivity contribution in [3.8, 4) is 0 Å². The molecule has 1 amide bonds. The van der Waals surface area contributed by atoms with Gasteiger partial charge in [-0.2, -0.15) is 0 Å². The number of aromatic nitrogens is 2. The van der Waals surface area contributed by atoms with Crippen molar-refractivity contribution in [2.24, 2.45) is 0 Å². The molecule has 0 aromatic carbocycles. The topological polar surface area (TPSA) is 60.1 Å². The minimum atomic E-state index is -0.183. The summed E-state index contributed by atoms with van der Waals surface area (Å²) in [7, 11) is 0. The van der Waals surface area contributed by atoms with Crippen LogP contribution in [0.3, 0.4) is 0 Å². The molecule has 21 heavy (non-hydrogen) atoms. The van der Waals surface area contributed by atoms with Gasteiger partial charge in [-0.15, -0.1) is 0 Å². The molecule has 0 aliphatic heterocycles. The molecule has 0 unspecified atom stereocenters. The lowest BCUT2D eigenvalue weighted by Crippen LogP contribution is -2.25. The monoisotopic (exact) mass is 283 g/mol. The van der Waals surface area contributed by atoms with E-state index in [1.807, 2.05) is 6.07 Å². The van der Waals surface area contributed by atoms with E-state index in [0.29, 0.717) is 12.3 Å². The molecule has 3 heterocycles. The van der Waals surface area contributed by atoms with Gasteiger partial charge in [0.1, 0.15) is 5.65 Å². The molecule has 0 aliphatic rings. The van der Waals surface area contributed by atoms with Crippen molar-refractivity contribution in [3.63, 3.8) is 0 Å². The number of pyridine rings is 1. The second-order valence-electron chi connectivity index (χ2n) is 4.80. The minimum Gasteiger partial charge on any atom is -0.459 e. The van der Waals surface area contributed by atoms with Gasteiger partial charge in [0.25, 0.3) is 5.91 Å². The molecule has 3 aromatic rings. The van der Waals surface area contributed by atoms with Gasteiger partial charge in [-0.3, -0.25) is 4.79 Å². The molecule has 0 spiro atoms. The van der Waals surface area contributed by atoms with E-state index < -0.39 is 0 Å². The fourth-order valence-electron chi connectivity index (χ4n) is 2.44. The first-order chi connectivity index (χ1) is 10.3. The zero-order valence-corrected chi connectivity index (χ0v) is 11.9. The third kappa shape index (κ3) is 2.67. The van der Waals surface area contributed by atoms with Crippen molar-refractivity contribution >= 4 is 16.9 Å². The molecule has 0 bridgehead atoms. The number of fused-ring (bicyclic) bond motifs is 1. The second kappa shape index (κ2) is 5.83. The Labute approximate surface area is 122 Å². The molecule has 3 rings (SSSR count). The molecule has 1 N–H and O–H groups in total. The molecular formula is C16H17N3O2. The van der Waals surface area contributed by atoms with Crippen LogP contribution < -0.4 is 5.32 Å². The summed E-state index contributed by atoms with van der Waals surface area (Å²) < 4.78 is 7.19. The Kier molecular flexibility index (Phi) is 3.73. The third-order valence-electron chi connectivity index (χ3n) is 3.48. The van der Waals surface area contributed by atoms with Crippen LogP contribution >= 0.6 is 0 Å². The molecule has 0 atom stereocenters. The van der Waals surface area contributed by atoms with Gasteiger partial charge in [-0.1, -0.05) is 0 Å². The first-order valence-corrected chi connectivity index (χ1v) is 7.04. The second-order valence-corrected chi connectivity index (χ2v) is 4.80. The summed E-state index contributed by atoms with van der Waals surface area (Å²) in [5.41, 5.74) is 2.19. The standard InChI is InChI=1S/C16H17N3O2/c1-2-19-11-12(13-5-3-8-17-15(13)19)7-9-18-16(20)14-6-4-10-21-14/h3-6,8,10-11H,2,7,9H2,1H3,(H,18,20). The van der Waals surface area contributed by atoms with E-state index >= 15 is 0 Å². The number of hydrogen-bond acceptors (Lipinski definition) is 3. The summed E-state index contributed by atoms with van der Waals surface area (Å²) in [6, 6.07) is 7.36. The van der Waals surface area contributed by atoms with Crippen molar-refractivity contribution in [3.05, 3.63) is 54.2 Å². The lowest BCUT2D eigenvalue weighted by molar-refractivity contribution is 0.0926. The Bertz CT molecular complexity index is 744. The van der Waals surface area contributed by atoms with Crippen LogP contribution in [-0.4, -0.2) is 22.0 Å². The maximum absolute atomic E-state index is 11.8. The minimum absolute atomic E-state index is 0.183. The predicted octanol–water partition coefficient (Wildman–Crippen LogP) is 2.62. The molecule has 108 valence electrons. The molecule has 3 aromatic heterocycles. The zero-order valence-electron chi connectivity index (χ0n) is 11.9. The molecule has 0 saturated heterocycles. The van der Waals surface area contributed by atoms with Gasteiger partial charge >= 0.3 is 0 Å². The Morgan fingerprint density at radius 1 is 1.38 bits per heavy atom. The number of furan rings is 1. The summed E-state index contributed by atoms with van der Waals surface area (Å²) in [5, 5.41) is 4.01. The van der Waals surface area contributed by atoms with Gasteiger partial charge in [0, 0.05) is 30.9 Å². The number of carbonyl (C=O) groups is 1. The summed E-state index contributed by atoms with van der Waals surface area (Å²) in [5.74, 6) is 0.157. The van der Waals surface area contributed by atoms with Crippen molar-refractivity contribution < 1.29 is 9.21 Å². The van der Waals surface area contributed by atoms with E-state index in [1.54, 1.807) is 18.3 Å². The van der Waals surface area contributed by atoms with Crippen LogP contribution in [0.5, 0.6) is 0 Å². The average molecular weight is 283 g/mol. The summed E-state index contributed by atoms with van der Waals surface area (Å²) in [6.45, 7) is 3.54. The lowest BCUT2D eigenvalue weighted by atomic mass is 10.1. The van der Waals surface area contributed by atoms with E-state index in [1.165, 1.54) is 11.8 Å². The van der Waals surface area contributed by atoms with Gasteiger partial charge < -0.3 is 14.3 Å². The van der Waals surface area contributed by atoms with E-state index in [-0.39, 0.29) is 5.91 Å². The smallest absolute Gasteiger partial charge is 0.286 e. The van der Waals surface area contributed by atoms with Crippen LogP contribution in [0.1, 0.15) is 23.0 Å². The molecule has 0 radical (unpaired) electrons. The van der Waals surface area contributed by atoms with Gasteiger partial charge in [0.15, 0.2) is 5.76 Å². The highest BCUT2D eigenvalue weighted by Crippen LogP contribution is 2.19. The molecular weight excluding hydrogens is 266 g/mol. The number of aryl methyl sites for hydroxylation is 1. The average Bonchev–Trinajstić information content (AvgIpc) is 3.15. The van der Waals surface area contributed by atoms with E-state index in [9.17, 15) is 4.79 Å². The largest absolute Gasteiger partial charge is 0.459 e. The van der Waals surface area contributed by atoms with E-state index in [4.69, 9.17) is 4.42 Å². The molecule has 5 nitrogen and oxygen atoms in total. The molecule has 0 saturated carbocycles. The predicted molar refractivity (Wildman–Crippen MR) is 80.2 cm³/mol. The number of nitrogens with one attached hydrogen (secondary N) is 1. The summed E-state index contributed by atoms with van der Waals surface area (Å²) in [6.07, 6.45) is 6.17. The summed E-state index contributed by atoms with van der Waals surface area (Å²) in [4.78, 5) is 16.2. The van der Waals surface area contributed by atoms with Gasteiger partial charge in [-0.25, -0.2) is 4.98 Å². The van der Waals surface area contributed by atoms with Crippen LogP contribution in [-0.2, 0) is 13.0 Å². The molecule has 5 heteroatoms. The van der Waals surface area contributed by atoms with Crippen molar-refractivity contribution in [2.45, 2.75) is 19.9 Å². The van der Waals surface area contributed by atoms with Crippen LogP contribution in [0.15, 0.2) is 47.3 Å². The summed E-state index contributed by atoms with van der Waals surface area (Å²) >= 11 is 0. The van der Waals surface area contributed by atoms with Crippen LogP contribution in [0.2, 0.25) is 0 Å². The van der Waals surface area contributed by atoms with Crippen LogP contribution in [0, 0.1) is 0 Å².